The Morgan fingerprint density at radius 2 is 2.25 bits per heavy atom. The lowest BCUT2D eigenvalue weighted by Crippen LogP contribution is -2.15. The minimum Gasteiger partial charge on any atom is -0.321 e. The molecule has 68 valence electrons. The van der Waals surface area contributed by atoms with Crippen molar-refractivity contribution >= 4 is 0 Å². The summed E-state index contributed by atoms with van der Waals surface area (Å²) < 4.78 is 0. The highest BCUT2D eigenvalue weighted by Gasteiger charge is 2.11. The average Bonchev–Trinajstić information content (AvgIpc) is 2.34. The normalized spacial score (nSPS) is 13.7. The molecular weight excluding hydrogens is 156 g/mol. The second-order valence-electron chi connectivity index (χ2n) is 3.30. The number of aromatic nitrogens is 3. The van der Waals surface area contributed by atoms with Crippen LogP contribution < -0.4 is 11.4 Å². The summed E-state index contributed by atoms with van der Waals surface area (Å²) in [5.41, 5.74) is 5.45. The molecule has 0 spiro atoms. The third-order valence-electron chi connectivity index (χ3n) is 1.60. The van der Waals surface area contributed by atoms with Crippen molar-refractivity contribution in [3.8, 4) is 0 Å². The lowest BCUT2D eigenvalue weighted by Gasteiger charge is -2.09. The zero-order valence-electron chi connectivity index (χ0n) is 7.29. The fraction of sp³-hybridized carbons (Fsp3) is 0.714. The van der Waals surface area contributed by atoms with Crippen molar-refractivity contribution in [2.75, 3.05) is 0 Å². The van der Waals surface area contributed by atoms with Gasteiger partial charge in [-0.25, -0.2) is 9.89 Å². The maximum absolute atomic E-state index is 10.7. The Morgan fingerprint density at radius 1 is 1.58 bits per heavy atom. The zero-order chi connectivity index (χ0) is 9.14. The van der Waals surface area contributed by atoms with Crippen LogP contribution in [0.1, 0.15) is 32.1 Å². The van der Waals surface area contributed by atoms with E-state index in [1.54, 1.807) is 0 Å². The Kier molecular flexibility index (Phi) is 2.65. The van der Waals surface area contributed by atoms with Gasteiger partial charge in [0.2, 0.25) is 0 Å². The number of nitrogens with two attached hydrogens (primary N) is 1. The first-order valence-electron chi connectivity index (χ1n) is 3.99. The van der Waals surface area contributed by atoms with E-state index in [0.29, 0.717) is 11.7 Å². The minimum atomic E-state index is -0.302. The number of nitrogens with one attached hydrogen (secondary N) is 2. The summed E-state index contributed by atoms with van der Waals surface area (Å²) in [6, 6.07) is -0.177. The van der Waals surface area contributed by atoms with Crippen LogP contribution in [-0.2, 0) is 0 Å². The maximum atomic E-state index is 10.7. The summed E-state index contributed by atoms with van der Waals surface area (Å²) in [5, 5.41) is 6.03. The Labute approximate surface area is 70.4 Å². The van der Waals surface area contributed by atoms with Crippen LogP contribution in [-0.4, -0.2) is 15.2 Å². The molecule has 12 heavy (non-hydrogen) atoms. The van der Waals surface area contributed by atoms with Crippen LogP contribution in [0.25, 0.3) is 0 Å². The third-order valence-corrected chi connectivity index (χ3v) is 1.60. The predicted octanol–water partition coefficient (Wildman–Crippen LogP) is 0.144. The molecule has 0 bridgehead atoms. The van der Waals surface area contributed by atoms with Crippen LogP contribution in [0.3, 0.4) is 0 Å². The Hall–Kier alpha value is -1.10. The molecule has 0 aliphatic carbocycles. The molecule has 5 heteroatoms. The molecule has 1 heterocycles. The summed E-state index contributed by atoms with van der Waals surface area (Å²) in [7, 11) is 0. The van der Waals surface area contributed by atoms with Crippen molar-refractivity contribution in [1.82, 2.24) is 15.2 Å². The molecular formula is C7H14N4O. The molecule has 0 aromatic carbocycles. The van der Waals surface area contributed by atoms with Crippen molar-refractivity contribution in [2.45, 2.75) is 26.3 Å². The van der Waals surface area contributed by atoms with Gasteiger partial charge < -0.3 is 5.73 Å². The molecule has 1 atom stereocenters. The van der Waals surface area contributed by atoms with Gasteiger partial charge in [-0.15, -0.1) is 0 Å². The van der Waals surface area contributed by atoms with Gasteiger partial charge in [0, 0.05) is 0 Å². The SMILES string of the molecule is CC(C)CC(N)c1n[nH]c(=O)[nH]1. The summed E-state index contributed by atoms with van der Waals surface area (Å²) in [6.07, 6.45) is 0.820. The first kappa shape index (κ1) is 8.99. The van der Waals surface area contributed by atoms with Crippen molar-refractivity contribution in [3.05, 3.63) is 16.3 Å². The lowest BCUT2D eigenvalue weighted by atomic mass is 10.0. The van der Waals surface area contributed by atoms with Crippen molar-refractivity contribution in [2.24, 2.45) is 11.7 Å². The Balaban J connectivity index is 2.65. The van der Waals surface area contributed by atoms with E-state index in [-0.39, 0.29) is 11.7 Å². The van der Waals surface area contributed by atoms with Crippen LogP contribution >= 0.6 is 0 Å². The number of rotatable bonds is 3. The van der Waals surface area contributed by atoms with E-state index < -0.39 is 0 Å². The highest BCUT2D eigenvalue weighted by Crippen LogP contribution is 2.12. The standard InChI is InChI=1S/C7H14N4O/c1-4(2)3-5(8)6-9-7(12)11-10-6/h4-5H,3,8H2,1-2H3,(H2,9,10,11,12). The first-order chi connectivity index (χ1) is 5.59. The monoisotopic (exact) mass is 170 g/mol. The highest BCUT2D eigenvalue weighted by atomic mass is 16.1. The van der Waals surface area contributed by atoms with E-state index in [1.807, 2.05) is 0 Å². The number of H-pyrrole nitrogens is 2. The topological polar surface area (TPSA) is 87.6 Å². The molecule has 1 aromatic rings. The maximum Gasteiger partial charge on any atom is 0.340 e. The average molecular weight is 170 g/mol. The second kappa shape index (κ2) is 3.53. The zero-order valence-corrected chi connectivity index (χ0v) is 7.29. The van der Waals surface area contributed by atoms with E-state index in [0.717, 1.165) is 6.42 Å². The molecule has 5 nitrogen and oxygen atoms in total. The Morgan fingerprint density at radius 3 is 2.67 bits per heavy atom. The van der Waals surface area contributed by atoms with Crippen LogP contribution in [0.4, 0.5) is 0 Å². The molecule has 0 radical (unpaired) electrons. The van der Waals surface area contributed by atoms with Crippen LogP contribution in [0.5, 0.6) is 0 Å². The number of hydrogen-bond acceptors (Lipinski definition) is 3. The van der Waals surface area contributed by atoms with Gasteiger partial charge in [0.05, 0.1) is 6.04 Å². The molecule has 0 amide bonds. The van der Waals surface area contributed by atoms with E-state index in [4.69, 9.17) is 5.73 Å². The van der Waals surface area contributed by atoms with Gasteiger partial charge in [0.15, 0.2) is 0 Å². The molecule has 1 unspecified atom stereocenters. The van der Waals surface area contributed by atoms with Gasteiger partial charge in [-0.3, -0.25) is 4.98 Å². The van der Waals surface area contributed by atoms with Gasteiger partial charge in [0.1, 0.15) is 5.82 Å². The summed E-state index contributed by atoms with van der Waals surface area (Å²) in [4.78, 5) is 13.2. The van der Waals surface area contributed by atoms with Gasteiger partial charge in [-0.2, -0.15) is 5.10 Å². The second-order valence-corrected chi connectivity index (χ2v) is 3.30. The molecule has 4 N–H and O–H groups in total. The number of aromatic amines is 2. The molecule has 1 rings (SSSR count). The molecule has 0 aliphatic rings. The van der Waals surface area contributed by atoms with E-state index in [1.165, 1.54) is 0 Å². The van der Waals surface area contributed by atoms with Gasteiger partial charge in [0.25, 0.3) is 0 Å². The van der Waals surface area contributed by atoms with Crippen molar-refractivity contribution < 1.29 is 0 Å². The quantitative estimate of drug-likeness (QED) is 0.603. The van der Waals surface area contributed by atoms with Crippen LogP contribution in [0, 0.1) is 5.92 Å². The number of nitrogens with zero attached hydrogens (tertiary/aromatic N) is 1. The third kappa shape index (κ3) is 2.20. The van der Waals surface area contributed by atoms with Crippen LogP contribution in [0.15, 0.2) is 4.79 Å². The Bertz CT molecular complexity index is 288. The van der Waals surface area contributed by atoms with Crippen molar-refractivity contribution in [3.63, 3.8) is 0 Å². The van der Waals surface area contributed by atoms with E-state index in [2.05, 4.69) is 29.0 Å². The largest absolute Gasteiger partial charge is 0.340 e. The van der Waals surface area contributed by atoms with E-state index >= 15 is 0 Å². The molecule has 1 aromatic heterocycles. The minimum absolute atomic E-state index is 0.177. The van der Waals surface area contributed by atoms with E-state index in [9.17, 15) is 4.79 Å². The number of hydrogen-bond donors (Lipinski definition) is 3. The van der Waals surface area contributed by atoms with Crippen LogP contribution in [0.2, 0.25) is 0 Å². The van der Waals surface area contributed by atoms with Gasteiger partial charge >= 0.3 is 5.69 Å². The molecule has 0 saturated carbocycles. The molecule has 0 fully saturated rings. The fourth-order valence-electron chi connectivity index (χ4n) is 1.08. The summed E-state index contributed by atoms with van der Waals surface area (Å²) in [6.45, 7) is 4.15. The first-order valence-corrected chi connectivity index (χ1v) is 3.99. The summed E-state index contributed by atoms with van der Waals surface area (Å²) in [5.74, 6) is 1.04. The van der Waals surface area contributed by atoms with Crippen molar-refractivity contribution in [1.29, 1.82) is 0 Å². The van der Waals surface area contributed by atoms with Gasteiger partial charge in [-0.1, -0.05) is 13.8 Å². The lowest BCUT2D eigenvalue weighted by molar-refractivity contribution is 0.494. The summed E-state index contributed by atoms with van der Waals surface area (Å²) >= 11 is 0. The fourth-order valence-corrected chi connectivity index (χ4v) is 1.08. The smallest absolute Gasteiger partial charge is 0.321 e. The highest BCUT2D eigenvalue weighted by molar-refractivity contribution is 4.89. The predicted molar refractivity (Wildman–Crippen MR) is 45.6 cm³/mol. The van der Waals surface area contributed by atoms with Gasteiger partial charge in [-0.05, 0) is 12.3 Å². The molecule has 0 saturated heterocycles. The molecule has 0 aliphatic heterocycles.